The average Bonchev–Trinajstić information content (AvgIpc) is 2.58. The first kappa shape index (κ1) is 18.4. The molecule has 1 saturated heterocycles. The maximum absolute atomic E-state index is 13.1. The molecule has 0 aromatic heterocycles. The fraction of sp³-hybridized carbons (Fsp3) is 0.579. The van der Waals surface area contributed by atoms with Crippen molar-refractivity contribution >= 4 is 11.8 Å². The Morgan fingerprint density at radius 2 is 2.00 bits per heavy atom. The first-order chi connectivity index (χ1) is 11.6. The molecule has 0 saturated carbocycles. The zero-order valence-corrected chi connectivity index (χ0v) is 14.4. The second-order valence-corrected chi connectivity index (χ2v) is 6.46. The number of aryl methyl sites for hydroxylation is 1. The fourth-order valence-electron chi connectivity index (χ4n) is 3.01. The monoisotopic (exact) mass is 334 g/mol. The predicted molar refractivity (Wildman–Crippen MR) is 92.0 cm³/mol. The van der Waals surface area contributed by atoms with Gasteiger partial charge >= 0.3 is 0 Å². The van der Waals surface area contributed by atoms with E-state index in [-0.39, 0.29) is 23.7 Å². The van der Waals surface area contributed by atoms with Gasteiger partial charge in [0.2, 0.25) is 11.8 Å². The van der Waals surface area contributed by atoms with E-state index in [1.54, 1.807) is 6.07 Å². The number of piperidine rings is 1. The quantitative estimate of drug-likeness (QED) is 0.833. The van der Waals surface area contributed by atoms with Crippen molar-refractivity contribution in [3.8, 4) is 0 Å². The second-order valence-electron chi connectivity index (χ2n) is 6.46. The fourth-order valence-corrected chi connectivity index (χ4v) is 3.01. The molecule has 1 aromatic rings. The number of carbonyl (C=O) groups is 2. The third kappa shape index (κ3) is 5.95. The van der Waals surface area contributed by atoms with Crippen LogP contribution in [0.25, 0.3) is 0 Å². The minimum atomic E-state index is -0.264. The summed E-state index contributed by atoms with van der Waals surface area (Å²) in [5, 5.41) is 3.06. The number of benzene rings is 1. The Morgan fingerprint density at radius 3 is 2.67 bits per heavy atom. The van der Waals surface area contributed by atoms with Gasteiger partial charge < -0.3 is 10.2 Å². The summed E-state index contributed by atoms with van der Waals surface area (Å²) < 4.78 is 13.1. The van der Waals surface area contributed by atoms with Crippen molar-refractivity contribution in [3.05, 3.63) is 35.6 Å². The second kappa shape index (κ2) is 9.40. The van der Waals surface area contributed by atoms with E-state index in [4.69, 9.17) is 0 Å². The summed E-state index contributed by atoms with van der Waals surface area (Å²) in [4.78, 5) is 25.9. The van der Waals surface area contributed by atoms with E-state index in [0.717, 1.165) is 31.2 Å². The first-order valence-electron chi connectivity index (χ1n) is 8.90. The molecule has 1 aromatic carbocycles. The number of hydrogen-bond acceptors (Lipinski definition) is 2. The van der Waals surface area contributed by atoms with Crippen molar-refractivity contribution in [1.29, 1.82) is 0 Å². The van der Waals surface area contributed by atoms with Crippen molar-refractivity contribution in [2.24, 2.45) is 0 Å². The van der Waals surface area contributed by atoms with Crippen molar-refractivity contribution in [1.82, 2.24) is 10.2 Å². The Hall–Kier alpha value is -1.91. The molecule has 4 nitrogen and oxygen atoms in total. The van der Waals surface area contributed by atoms with E-state index in [0.29, 0.717) is 32.4 Å². The van der Waals surface area contributed by atoms with Crippen molar-refractivity contribution < 1.29 is 14.0 Å². The zero-order valence-electron chi connectivity index (χ0n) is 14.4. The molecule has 1 fully saturated rings. The van der Waals surface area contributed by atoms with Gasteiger partial charge in [-0.25, -0.2) is 4.39 Å². The first-order valence-corrected chi connectivity index (χ1v) is 8.90. The number of nitrogens with zero attached hydrogens (tertiary/aromatic N) is 1. The van der Waals surface area contributed by atoms with Crippen LogP contribution in [0, 0.1) is 5.82 Å². The van der Waals surface area contributed by atoms with Crippen LogP contribution in [-0.2, 0) is 16.0 Å². The zero-order chi connectivity index (χ0) is 17.4. The van der Waals surface area contributed by atoms with Crippen LogP contribution in [0.15, 0.2) is 24.3 Å². The normalized spacial score (nSPS) is 15.3. The molecule has 1 heterocycles. The number of likely N-dealkylation sites (tertiary alicyclic amines) is 1. The number of rotatable bonds is 7. The van der Waals surface area contributed by atoms with Crippen LogP contribution in [0.5, 0.6) is 0 Å². The summed E-state index contributed by atoms with van der Waals surface area (Å²) in [5.41, 5.74) is 0.849. The number of nitrogens with one attached hydrogen (secondary N) is 1. The molecule has 1 N–H and O–H groups in total. The molecule has 0 spiro atoms. The van der Waals surface area contributed by atoms with Gasteiger partial charge in [-0.2, -0.15) is 0 Å². The Balaban J connectivity index is 1.69. The number of amides is 2. The lowest BCUT2D eigenvalue weighted by molar-refractivity contribution is -0.132. The molecule has 0 bridgehead atoms. The molecule has 2 amide bonds. The topological polar surface area (TPSA) is 49.4 Å². The van der Waals surface area contributed by atoms with E-state index < -0.39 is 0 Å². The van der Waals surface area contributed by atoms with Crippen molar-refractivity contribution in [3.63, 3.8) is 0 Å². The summed E-state index contributed by atoms with van der Waals surface area (Å²) >= 11 is 0. The number of carbonyl (C=O) groups excluding carboxylic acids is 2. The highest BCUT2D eigenvalue weighted by atomic mass is 19.1. The Kier molecular flexibility index (Phi) is 7.22. The largest absolute Gasteiger partial charge is 0.353 e. The van der Waals surface area contributed by atoms with Crippen molar-refractivity contribution in [2.75, 3.05) is 13.1 Å². The van der Waals surface area contributed by atoms with Gasteiger partial charge in [-0.15, -0.1) is 0 Å². The van der Waals surface area contributed by atoms with Gasteiger partial charge in [0, 0.05) is 32.0 Å². The molecule has 1 aliphatic heterocycles. The van der Waals surface area contributed by atoms with E-state index in [1.165, 1.54) is 12.1 Å². The summed E-state index contributed by atoms with van der Waals surface area (Å²) in [6.45, 7) is 3.43. The standard InChI is InChI=1S/C19H27FN2O2/c1-2-3-7-18(23)21-17-10-12-22(13-11-17)19(24)9-8-15-5-4-6-16(20)14-15/h4-6,14,17H,2-3,7-13H2,1H3,(H,21,23). The predicted octanol–water partition coefficient (Wildman–Crippen LogP) is 3.06. The van der Waals surface area contributed by atoms with Gasteiger partial charge in [-0.3, -0.25) is 9.59 Å². The number of unbranched alkanes of at least 4 members (excludes halogenated alkanes) is 1. The molecule has 0 unspecified atom stereocenters. The van der Waals surface area contributed by atoms with Gasteiger partial charge in [0.05, 0.1) is 0 Å². The SMILES string of the molecule is CCCCC(=O)NC1CCN(C(=O)CCc2cccc(F)c2)CC1. The molecule has 2 rings (SSSR count). The van der Waals surface area contributed by atoms with Crippen LogP contribution < -0.4 is 5.32 Å². The third-order valence-electron chi connectivity index (χ3n) is 4.49. The van der Waals surface area contributed by atoms with Gasteiger partial charge in [0.15, 0.2) is 0 Å². The van der Waals surface area contributed by atoms with Gasteiger partial charge in [-0.05, 0) is 43.4 Å². The number of halogens is 1. The highest BCUT2D eigenvalue weighted by Crippen LogP contribution is 2.14. The minimum absolute atomic E-state index is 0.107. The van der Waals surface area contributed by atoms with Crippen LogP contribution >= 0.6 is 0 Å². The maximum atomic E-state index is 13.1. The maximum Gasteiger partial charge on any atom is 0.222 e. The summed E-state index contributed by atoms with van der Waals surface area (Å²) in [6.07, 6.45) is 5.10. The molecule has 0 atom stereocenters. The summed E-state index contributed by atoms with van der Waals surface area (Å²) in [6, 6.07) is 6.58. The molecule has 1 aliphatic rings. The molecular weight excluding hydrogens is 307 g/mol. The Labute approximate surface area is 143 Å². The molecule has 24 heavy (non-hydrogen) atoms. The smallest absolute Gasteiger partial charge is 0.222 e. The lowest BCUT2D eigenvalue weighted by Gasteiger charge is -2.32. The van der Waals surface area contributed by atoms with Crippen LogP contribution in [-0.4, -0.2) is 35.8 Å². The van der Waals surface area contributed by atoms with E-state index in [9.17, 15) is 14.0 Å². The minimum Gasteiger partial charge on any atom is -0.353 e. The van der Waals surface area contributed by atoms with Gasteiger partial charge in [0.1, 0.15) is 5.82 Å². The Bertz CT molecular complexity index is 554. The van der Waals surface area contributed by atoms with Crippen LogP contribution in [0.3, 0.4) is 0 Å². The van der Waals surface area contributed by atoms with Gasteiger partial charge in [-0.1, -0.05) is 25.5 Å². The summed E-state index contributed by atoms with van der Waals surface area (Å²) in [7, 11) is 0. The summed E-state index contributed by atoms with van der Waals surface area (Å²) in [5.74, 6) is -0.0395. The van der Waals surface area contributed by atoms with Crippen LogP contribution in [0.4, 0.5) is 4.39 Å². The number of hydrogen-bond donors (Lipinski definition) is 1. The molecule has 0 aliphatic carbocycles. The molecular formula is C19H27FN2O2. The van der Waals surface area contributed by atoms with E-state index >= 15 is 0 Å². The van der Waals surface area contributed by atoms with E-state index in [2.05, 4.69) is 12.2 Å². The highest BCUT2D eigenvalue weighted by molar-refractivity contribution is 5.77. The van der Waals surface area contributed by atoms with Crippen LogP contribution in [0.2, 0.25) is 0 Å². The van der Waals surface area contributed by atoms with Crippen molar-refractivity contribution in [2.45, 2.75) is 57.9 Å². The molecule has 132 valence electrons. The lowest BCUT2D eigenvalue weighted by atomic mass is 10.0. The third-order valence-corrected chi connectivity index (χ3v) is 4.49. The highest BCUT2D eigenvalue weighted by Gasteiger charge is 2.23. The van der Waals surface area contributed by atoms with E-state index in [1.807, 2.05) is 11.0 Å². The molecule has 0 radical (unpaired) electrons. The van der Waals surface area contributed by atoms with Gasteiger partial charge in [0.25, 0.3) is 0 Å². The molecule has 5 heteroatoms. The lowest BCUT2D eigenvalue weighted by Crippen LogP contribution is -2.46. The van der Waals surface area contributed by atoms with Crippen LogP contribution in [0.1, 0.15) is 51.0 Å². The Morgan fingerprint density at radius 1 is 1.25 bits per heavy atom. The average molecular weight is 334 g/mol.